The maximum atomic E-state index is 9.03. The minimum atomic E-state index is 0.605. The zero-order valence-electron chi connectivity index (χ0n) is 11.2. The number of rotatable bonds is 7. The van der Waals surface area contributed by atoms with Crippen molar-refractivity contribution in [1.82, 2.24) is 4.90 Å². The molecule has 0 aliphatic carbocycles. The van der Waals surface area contributed by atoms with Crippen molar-refractivity contribution < 1.29 is 0 Å². The second-order valence-electron chi connectivity index (χ2n) is 4.28. The molecule has 0 spiro atoms. The van der Waals surface area contributed by atoms with Crippen molar-refractivity contribution >= 4 is 11.4 Å². The van der Waals surface area contributed by atoms with Crippen LogP contribution in [0.5, 0.6) is 0 Å². The third kappa shape index (κ3) is 4.27. The van der Waals surface area contributed by atoms with Gasteiger partial charge >= 0.3 is 0 Å². The van der Waals surface area contributed by atoms with Crippen molar-refractivity contribution in [1.29, 1.82) is 5.26 Å². The lowest BCUT2D eigenvalue weighted by Gasteiger charge is -2.20. The molecule has 4 heteroatoms. The second-order valence-corrected chi connectivity index (χ2v) is 4.28. The number of hydrogen-bond donors (Lipinski definition) is 2. The molecular formula is C14H22N4. The molecule has 0 amide bonds. The van der Waals surface area contributed by atoms with Gasteiger partial charge in [0.2, 0.25) is 0 Å². The molecule has 0 heterocycles. The molecule has 4 nitrogen and oxygen atoms in total. The first kappa shape index (κ1) is 14.3. The predicted octanol–water partition coefficient (Wildman–Crippen LogP) is 2.28. The van der Waals surface area contributed by atoms with Crippen LogP contribution in [-0.4, -0.2) is 31.1 Å². The molecule has 0 fully saturated rings. The SMILES string of the molecule is CCCN(CC)CCNc1ccc(N)cc1C#N. The number of benzene rings is 1. The van der Waals surface area contributed by atoms with E-state index >= 15 is 0 Å². The van der Waals surface area contributed by atoms with Gasteiger partial charge in [-0.2, -0.15) is 5.26 Å². The Morgan fingerprint density at radius 3 is 2.72 bits per heavy atom. The maximum Gasteiger partial charge on any atom is 0.101 e. The van der Waals surface area contributed by atoms with E-state index in [4.69, 9.17) is 11.0 Å². The number of nitrogens with two attached hydrogens (primary N) is 1. The predicted molar refractivity (Wildman–Crippen MR) is 76.5 cm³/mol. The first-order chi connectivity index (χ1) is 8.71. The van der Waals surface area contributed by atoms with Gasteiger partial charge in [-0.1, -0.05) is 13.8 Å². The molecule has 18 heavy (non-hydrogen) atoms. The summed E-state index contributed by atoms with van der Waals surface area (Å²) in [4.78, 5) is 2.39. The Bertz CT molecular complexity index is 409. The van der Waals surface area contributed by atoms with Crippen molar-refractivity contribution in [2.45, 2.75) is 20.3 Å². The van der Waals surface area contributed by atoms with Gasteiger partial charge in [0.1, 0.15) is 6.07 Å². The number of hydrogen-bond acceptors (Lipinski definition) is 4. The molecule has 0 saturated heterocycles. The van der Waals surface area contributed by atoms with Crippen molar-refractivity contribution in [3.8, 4) is 6.07 Å². The van der Waals surface area contributed by atoms with Crippen molar-refractivity contribution in [3.05, 3.63) is 23.8 Å². The van der Waals surface area contributed by atoms with Gasteiger partial charge in [-0.25, -0.2) is 0 Å². The molecule has 0 aliphatic rings. The zero-order valence-corrected chi connectivity index (χ0v) is 11.2. The van der Waals surface area contributed by atoms with E-state index in [0.29, 0.717) is 11.3 Å². The van der Waals surface area contributed by atoms with Crippen LogP contribution in [0.4, 0.5) is 11.4 Å². The number of nitrogens with one attached hydrogen (secondary N) is 1. The fourth-order valence-electron chi connectivity index (χ4n) is 1.90. The lowest BCUT2D eigenvalue weighted by atomic mass is 10.1. The van der Waals surface area contributed by atoms with Crippen LogP contribution >= 0.6 is 0 Å². The highest BCUT2D eigenvalue weighted by Gasteiger charge is 2.03. The van der Waals surface area contributed by atoms with Crippen molar-refractivity contribution in [3.63, 3.8) is 0 Å². The van der Waals surface area contributed by atoms with Gasteiger partial charge in [0.15, 0.2) is 0 Å². The average molecular weight is 246 g/mol. The van der Waals surface area contributed by atoms with Crippen molar-refractivity contribution in [2.24, 2.45) is 0 Å². The molecule has 1 rings (SSSR count). The highest BCUT2D eigenvalue weighted by atomic mass is 15.1. The van der Waals surface area contributed by atoms with E-state index in [2.05, 4.69) is 30.1 Å². The molecule has 98 valence electrons. The Kier molecular flexibility index (Phi) is 6.03. The molecule has 3 N–H and O–H groups in total. The molecule has 0 atom stereocenters. The highest BCUT2D eigenvalue weighted by molar-refractivity contribution is 5.62. The fourth-order valence-corrected chi connectivity index (χ4v) is 1.90. The topological polar surface area (TPSA) is 65.1 Å². The summed E-state index contributed by atoms with van der Waals surface area (Å²) in [7, 11) is 0. The number of nitrogens with zero attached hydrogens (tertiary/aromatic N) is 2. The molecule has 0 saturated carbocycles. The van der Waals surface area contributed by atoms with Gasteiger partial charge in [0, 0.05) is 18.8 Å². The summed E-state index contributed by atoms with van der Waals surface area (Å²) >= 11 is 0. The van der Waals surface area contributed by atoms with Gasteiger partial charge in [-0.15, -0.1) is 0 Å². The second kappa shape index (κ2) is 7.57. The van der Waals surface area contributed by atoms with Crippen LogP contribution in [0.1, 0.15) is 25.8 Å². The summed E-state index contributed by atoms with van der Waals surface area (Å²) in [5.41, 5.74) is 7.74. The van der Waals surface area contributed by atoms with Gasteiger partial charge in [0.25, 0.3) is 0 Å². The van der Waals surface area contributed by atoms with Crippen LogP contribution in [0.3, 0.4) is 0 Å². The minimum Gasteiger partial charge on any atom is -0.399 e. The monoisotopic (exact) mass is 246 g/mol. The summed E-state index contributed by atoms with van der Waals surface area (Å²) in [6, 6.07) is 7.54. The van der Waals surface area contributed by atoms with E-state index in [1.807, 2.05) is 12.1 Å². The van der Waals surface area contributed by atoms with E-state index in [9.17, 15) is 0 Å². The Labute approximate surface area is 109 Å². The largest absolute Gasteiger partial charge is 0.399 e. The van der Waals surface area contributed by atoms with E-state index in [1.165, 1.54) is 6.42 Å². The van der Waals surface area contributed by atoms with Gasteiger partial charge in [-0.3, -0.25) is 0 Å². The van der Waals surface area contributed by atoms with E-state index in [1.54, 1.807) is 6.07 Å². The number of nitrogen functional groups attached to an aromatic ring is 1. The molecule has 0 radical (unpaired) electrons. The molecular weight excluding hydrogens is 224 g/mol. The average Bonchev–Trinajstić information content (AvgIpc) is 2.39. The third-order valence-corrected chi connectivity index (χ3v) is 2.89. The standard InChI is InChI=1S/C14H22N4/c1-3-8-18(4-2)9-7-17-14-6-5-13(16)10-12(14)11-15/h5-6,10,17H,3-4,7-9,16H2,1-2H3. The summed E-state index contributed by atoms with van der Waals surface area (Å²) in [6.45, 7) is 8.35. The normalized spacial score (nSPS) is 10.3. The lowest BCUT2D eigenvalue weighted by molar-refractivity contribution is 0.300. The quantitative estimate of drug-likeness (QED) is 0.724. The molecule has 0 unspecified atom stereocenters. The number of likely N-dealkylation sites (N-methyl/N-ethyl adjacent to an activating group) is 1. The van der Waals surface area contributed by atoms with Crippen LogP contribution < -0.4 is 11.1 Å². The maximum absolute atomic E-state index is 9.03. The molecule has 0 bridgehead atoms. The van der Waals surface area contributed by atoms with Gasteiger partial charge in [-0.05, 0) is 37.7 Å². The summed E-state index contributed by atoms with van der Waals surface area (Å²) in [5, 5.41) is 12.3. The van der Waals surface area contributed by atoms with Crippen LogP contribution in [0, 0.1) is 11.3 Å². The smallest absolute Gasteiger partial charge is 0.101 e. The molecule has 0 aliphatic heterocycles. The zero-order chi connectivity index (χ0) is 13.4. The molecule has 0 aromatic heterocycles. The number of anilines is 2. The first-order valence-corrected chi connectivity index (χ1v) is 6.47. The van der Waals surface area contributed by atoms with Crippen LogP contribution in [0.25, 0.3) is 0 Å². The summed E-state index contributed by atoms with van der Waals surface area (Å²) < 4.78 is 0. The first-order valence-electron chi connectivity index (χ1n) is 6.47. The van der Waals surface area contributed by atoms with Crippen molar-refractivity contribution in [2.75, 3.05) is 37.2 Å². The Morgan fingerprint density at radius 1 is 1.33 bits per heavy atom. The van der Waals surface area contributed by atoms with Gasteiger partial charge in [0.05, 0.1) is 11.3 Å². The van der Waals surface area contributed by atoms with Crippen LogP contribution in [0.2, 0.25) is 0 Å². The Morgan fingerprint density at radius 2 is 2.11 bits per heavy atom. The summed E-state index contributed by atoms with van der Waals surface area (Å²) in [6.07, 6.45) is 1.17. The number of nitriles is 1. The Balaban J connectivity index is 2.51. The van der Waals surface area contributed by atoms with E-state index in [-0.39, 0.29) is 0 Å². The van der Waals surface area contributed by atoms with Gasteiger partial charge < -0.3 is 16.0 Å². The van der Waals surface area contributed by atoms with E-state index < -0.39 is 0 Å². The lowest BCUT2D eigenvalue weighted by Crippen LogP contribution is -2.29. The van der Waals surface area contributed by atoms with E-state index in [0.717, 1.165) is 31.9 Å². The van der Waals surface area contributed by atoms with Crippen LogP contribution in [-0.2, 0) is 0 Å². The third-order valence-electron chi connectivity index (χ3n) is 2.89. The highest BCUT2D eigenvalue weighted by Crippen LogP contribution is 2.17. The van der Waals surface area contributed by atoms with Crippen LogP contribution in [0.15, 0.2) is 18.2 Å². The molecule has 1 aromatic carbocycles. The minimum absolute atomic E-state index is 0.605. The Hall–Kier alpha value is -1.73. The fraction of sp³-hybridized carbons (Fsp3) is 0.500. The molecule has 1 aromatic rings. The summed E-state index contributed by atoms with van der Waals surface area (Å²) in [5.74, 6) is 0.